The molecule has 0 amide bonds. The van der Waals surface area contributed by atoms with Gasteiger partial charge in [0.1, 0.15) is 5.75 Å². The van der Waals surface area contributed by atoms with Crippen LogP contribution in [-0.4, -0.2) is 27.2 Å². The topological polar surface area (TPSA) is 30.8 Å². The van der Waals surface area contributed by atoms with Crippen LogP contribution in [0.4, 0.5) is 0 Å². The molecule has 0 saturated heterocycles. The summed E-state index contributed by atoms with van der Waals surface area (Å²) in [6.07, 6.45) is 5.29. The summed E-state index contributed by atoms with van der Waals surface area (Å²) in [7, 11) is 4.15. The molecule has 0 fully saturated rings. The first-order chi connectivity index (χ1) is 13.9. The van der Waals surface area contributed by atoms with E-state index in [1.807, 2.05) is 13.3 Å². The third-order valence-electron chi connectivity index (χ3n) is 5.39. The van der Waals surface area contributed by atoms with Gasteiger partial charge in [0, 0.05) is 31.1 Å². The minimum atomic E-state index is 0.0280. The summed E-state index contributed by atoms with van der Waals surface area (Å²) in [6, 6.07) is 11.3. The van der Waals surface area contributed by atoms with E-state index in [-0.39, 0.29) is 11.9 Å². The zero-order chi connectivity index (χ0) is 21.4. The smallest absolute Gasteiger partial charge is 0.188 e. The molecule has 0 saturated carbocycles. The van der Waals surface area contributed by atoms with Crippen LogP contribution >= 0.6 is 8.58 Å². The van der Waals surface area contributed by atoms with Crippen LogP contribution in [0.2, 0.25) is 0 Å². The minimum Gasteiger partial charge on any atom is -0.467 e. The van der Waals surface area contributed by atoms with E-state index < -0.39 is 0 Å². The molecule has 0 spiro atoms. The van der Waals surface area contributed by atoms with Gasteiger partial charge in [-0.05, 0) is 56.1 Å². The SMILES string of the molecule is CCCC(CC)(Pc1ccc(C)cc1/C=N/C)c1cc(C)cc(C)c1OCOC. The maximum atomic E-state index is 6.12. The number of hydrogen-bond donors (Lipinski definition) is 0. The molecule has 2 atom stereocenters. The zero-order valence-electron chi connectivity index (χ0n) is 19.1. The Hall–Kier alpha value is -1.70. The van der Waals surface area contributed by atoms with Crippen molar-refractivity contribution >= 4 is 20.1 Å². The highest BCUT2D eigenvalue weighted by Crippen LogP contribution is 2.52. The normalized spacial score (nSPS) is 14.0. The number of ether oxygens (including phenoxy) is 2. The Morgan fingerprint density at radius 2 is 1.83 bits per heavy atom. The van der Waals surface area contributed by atoms with Gasteiger partial charge in [-0.1, -0.05) is 64.2 Å². The third kappa shape index (κ3) is 5.68. The Morgan fingerprint density at radius 3 is 2.45 bits per heavy atom. The van der Waals surface area contributed by atoms with E-state index in [1.54, 1.807) is 7.11 Å². The van der Waals surface area contributed by atoms with Crippen molar-refractivity contribution in [2.24, 2.45) is 4.99 Å². The number of benzene rings is 2. The summed E-state index contributed by atoms with van der Waals surface area (Å²) in [4.78, 5) is 4.31. The van der Waals surface area contributed by atoms with Gasteiger partial charge < -0.3 is 9.47 Å². The molecule has 2 aromatic carbocycles. The summed E-state index contributed by atoms with van der Waals surface area (Å²) in [5.74, 6) is 0.984. The number of rotatable bonds is 10. The van der Waals surface area contributed by atoms with Crippen LogP contribution in [0.1, 0.15) is 60.9 Å². The van der Waals surface area contributed by atoms with E-state index >= 15 is 0 Å². The zero-order valence-corrected chi connectivity index (χ0v) is 20.1. The van der Waals surface area contributed by atoms with Gasteiger partial charge in [0.15, 0.2) is 6.79 Å². The van der Waals surface area contributed by atoms with Gasteiger partial charge in [0.2, 0.25) is 0 Å². The van der Waals surface area contributed by atoms with E-state index in [0.29, 0.717) is 8.58 Å². The molecule has 2 unspecified atom stereocenters. The van der Waals surface area contributed by atoms with Crippen LogP contribution in [0.3, 0.4) is 0 Å². The van der Waals surface area contributed by atoms with Crippen LogP contribution in [0.15, 0.2) is 35.3 Å². The highest BCUT2D eigenvalue weighted by atomic mass is 31.1. The van der Waals surface area contributed by atoms with Crippen molar-refractivity contribution in [1.82, 2.24) is 0 Å². The summed E-state index contributed by atoms with van der Waals surface area (Å²) in [5, 5.41) is 1.40. The minimum absolute atomic E-state index is 0.0280. The monoisotopic (exact) mass is 413 g/mol. The number of aryl methyl sites for hydroxylation is 3. The fourth-order valence-electron chi connectivity index (χ4n) is 4.07. The van der Waals surface area contributed by atoms with Crippen molar-refractivity contribution in [3.8, 4) is 5.75 Å². The van der Waals surface area contributed by atoms with Gasteiger partial charge in [-0.3, -0.25) is 4.99 Å². The summed E-state index contributed by atoms with van der Waals surface area (Å²) in [5.41, 5.74) is 6.26. The predicted octanol–water partition coefficient (Wildman–Crippen LogP) is 6.05. The first-order valence-corrected chi connectivity index (χ1v) is 11.4. The molecule has 158 valence electrons. The highest BCUT2D eigenvalue weighted by Gasteiger charge is 2.34. The molecule has 29 heavy (non-hydrogen) atoms. The van der Waals surface area contributed by atoms with Crippen LogP contribution in [-0.2, 0) is 9.89 Å². The number of aliphatic imine (C=N–C) groups is 1. The molecule has 2 aromatic rings. The summed E-state index contributed by atoms with van der Waals surface area (Å²) in [6.45, 7) is 11.3. The Labute approximate surface area is 178 Å². The van der Waals surface area contributed by atoms with E-state index in [9.17, 15) is 0 Å². The van der Waals surface area contributed by atoms with Gasteiger partial charge in [-0.2, -0.15) is 0 Å². The van der Waals surface area contributed by atoms with Gasteiger partial charge in [0.05, 0.1) is 0 Å². The Morgan fingerprint density at radius 1 is 1.07 bits per heavy atom. The lowest BCUT2D eigenvalue weighted by molar-refractivity contribution is 0.0494. The fraction of sp³-hybridized carbons (Fsp3) is 0.480. The maximum absolute atomic E-state index is 6.12. The van der Waals surface area contributed by atoms with Crippen molar-refractivity contribution in [3.63, 3.8) is 0 Å². The van der Waals surface area contributed by atoms with Crippen molar-refractivity contribution in [2.75, 3.05) is 21.0 Å². The lowest BCUT2D eigenvalue weighted by Gasteiger charge is -2.36. The molecule has 0 aliphatic carbocycles. The molecule has 2 rings (SSSR count). The van der Waals surface area contributed by atoms with Gasteiger partial charge in [0.25, 0.3) is 0 Å². The average Bonchev–Trinajstić information content (AvgIpc) is 2.68. The van der Waals surface area contributed by atoms with Gasteiger partial charge in [-0.15, -0.1) is 0 Å². The van der Waals surface area contributed by atoms with Gasteiger partial charge in [-0.25, -0.2) is 0 Å². The first-order valence-electron chi connectivity index (χ1n) is 10.4. The molecule has 3 nitrogen and oxygen atoms in total. The Balaban J connectivity index is 2.65. The lowest BCUT2D eigenvalue weighted by Crippen LogP contribution is -2.25. The van der Waals surface area contributed by atoms with Crippen molar-refractivity contribution < 1.29 is 9.47 Å². The third-order valence-corrected chi connectivity index (χ3v) is 7.46. The molecular weight excluding hydrogens is 377 g/mol. The van der Waals surface area contributed by atoms with Crippen molar-refractivity contribution in [1.29, 1.82) is 0 Å². The first kappa shape index (κ1) is 23.6. The van der Waals surface area contributed by atoms with E-state index in [2.05, 4.69) is 69.9 Å². The van der Waals surface area contributed by atoms with Crippen molar-refractivity contribution in [2.45, 2.75) is 59.0 Å². The lowest BCUT2D eigenvalue weighted by atomic mass is 9.87. The van der Waals surface area contributed by atoms with E-state index in [0.717, 1.165) is 25.0 Å². The quantitative estimate of drug-likeness (QED) is 0.270. The van der Waals surface area contributed by atoms with Crippen molar-refractivity contribution in [3.05, 3.63) is 58.1 Å². The van der Waals surface area contributed by atoms with Crippen LogP contribution in [0.25, 0.3) is 0 Å². The molecular formula is C25H36NO2P. The number of methoxy groups -OCH3 is 1. The van der Waals surface area contributed by atoms with Crippen LogP contribution < -0.4 is 10.0 Å². The maximum Gasteiger partial charge on any atom is 0.188 e. The Kier molecular flexibility index (Phi) is 8.86. The van der Waals surface area contributed by atoms with E-state index in [4.69, 9.17) is 9.47 Å². The largest absolute Gasteiger partial charge is 0.467 e. The second-order valence-electron chi connectivity index (χ2n) is 7.80. The molecule has 0 bridgehead atoms. The van der Waals surface area contributed by atoms with Gasteiger partial charge >= 0.3 is 0 Å². The number of hydrogen-bond acceptors (Lipinski definition) is 3. The van der Waals surface area contributed by atoms with Crippen LogP contribution in [0.5, 0.6) is 5.75 Å². The summed E-state index contributed by atoms with van der Waals surface area (Å²) >= 11 is 0. The highest BCUT2D eigenvalue weighted by molar-refractivity contribution is 7.48. The molecule has 0 aromatic heterocycles. The molecule has 0 aliphatic rings. The Bertz CT molecular complexity index is 847. The summed E-state index contributed by atoms with van der Waals surface area (Å²) < 4.78 is 11.4. The molecule has 0 aliphatic heterocycles. The fourth-order valence-corrected chi connectivity index (χ4v) is 5.90. The molecule has 0 radical (unpaired) electrons. The number of nitrogens with zero attached hydrogens (tertiary/aromatic N) is 1. The molecule has 4 heteroatoms. The predicted molar refractivity (Wildman–Crippen MR) is 128 cm³/mol. The second-order valence-corrected chi connectivity index (χ2v) is 9.54. The second kappa shape index (κ2) is 10.9. The molecule has 0 N–H and O–H groups in total. The molecule has 0 heterocycles. The van der Waals surface area contributed by atoms with Crippen LogP contribution in [0, 0.1) is 20.8 Å². The van der Waals surface area contributed by atoms with E-state index in [1.165, 1.54) is 33.1 Å². The average molecular weight is 414 g/mol. The standard InChI is InChI=1S/C25H36NO2P/c1-8-12-25(9-2,29-23-11-10-18(3)14-21(23)16-26-6)22-15-19(4)13-20(5)24(22)28-17-27-7/h10-11,13-16,29H,8-9,12,17H2,1-7H3/b26-16+.